The fourth-order valence-corrected chi connectivity index (χ4v) is 3.68. The second-order valence-electron chi connectivity index (χ2n) is 7.52. The predicted octanol–water partition coefficient (Wildman–Crippen LogP) is 4.81. The number of hydrogen-bond donors (Lipinski definition) is 3. The summed E-state index contributed by atoms with van der Waals surface area (Å²) in [5.74, 6) is -0.658. The zero-order chi connectivity index (χ0) is 20.5. The number of para-hydroxylation sites is 1. The number of carbonyl (C=O) groups excluding carboxylic acids is 1. The average molecular weight is 389 g/mol. The SMILES string of the molecule is CC(C)c1ccc(NC(=O)N2C=C(C(=O)O)c3[nH]c4ccccc4c3CC2)cc1. The number of benzene rings is 2. The van der Waals surface area contributed by atoms with Gasteiger partial charge in [-0.15, -0.1) is 0 Å². The summed E-state index contributed by atoms with van der Waals surface area (Å²) in [5, 5.41) is 13.6. The number of hydrogen-bond acceptors (Lipinski definition) is 2. The third-order valence-corrected chi connectivity index (χ3v) is 5.29. The molecule has 6 nitrogen and oxygen atoms in total. The van der Waals surface area contributed by atoms with Crippen molar-refractivity contribution in [3.63, 3.8) is 0 Å². The second-order valence-corrected chi connectivity index (χ2v) is 7.52. The molecule has 29 heavy (non-hydrogen) atoms. The lowest BCUT2D eigenvalue weighted by molar-refractivity contribution is -0.130. The van der Waals surface area contributed by atoms with Gasteiger partial charge in [0.1, 0.15) is 0 Å². The Bertz CT molecular complexity index is 1110. The highest BCUT2D eigenvalue weighted by Gasteiger charge is 2.26. The van der Waals surface area contributed by atoms with Gasteiger partial charge in [0.25, 0.3) is 0 Å². The van der Waals surface area contributed by atoms with Crippen molar-refractivity contribution in [2.75, 3.05) is 11.9 Å². The number of nitrogens with zero attached hydrogens (tertiary/aromatic N) is 1. The molecule has 0 unspecified atom stereocenters. The first kappa shape index (κ1) is 18.8. The molecule has 0 radical (unpaired) electrons. The van der Waals surface area contributed by atoms with E-state index in [1.807, 2.05) is 48.5 Å². The number of aromatic nitrogens is 1. The number of H-pyrrole nitrogens is 1. The maximum Gasteiger partial charge on any atom is 0.339 e. The summed E-state index contributed by atoms with van der Waals surface area (Å²) in [6.07, 6.45) is 1.98. The highest BCUT2D eigenvalue weighted by Crippen LogP contribution is 2.31. The van der Waals surface area contributed by atoms with Gasteiger partial charge in [-0.3, -0.25) is 4.90 Å². The zero-order valence-corrected chi connectivity index (χ0v) is 16.4. The molecule has 0 fully saturated rings. The molecule has 0 saturated heterocycles. The van der Waals surface area contributed by atoms with Gasteiger partial charge in [0.15, 0.2) is 0 Å². The first-order chi connectivity index (χ1) is 13.9. The maximum atomic E-state index is 12.8. The Labute approximate surface area is 168 Å². The van der Waals surface area contributed by atoms with Crippen LogP contribution in [0.1, 0.15) is 36.6 Å². The van der Waals surface area contributed by atoms with Crippen LogP contribution >= 0.6 is 0 Å². The Morgan fingerprint density at radius 1 is 1.10 bits per heavy atom. The molecular formula is C23H23N3O3. The van der Waals surface area contributed by atoms with Crippen molar-refractivity contribution in [3.05, 3.63) is 71.6 Å². The lowest BCUT2D eigenvalue weighted by Gasteiger charge is -2.18. The van der Waals surface area contributed by atoms with Crippen molar-refractivity contribution in [2.45, 2.75) is 26.2 Å². The van der Waals surface area contributed by atoms with E-state index in [1.54, 1.807) is 0 Å². The zero-order valence-electron chi connectivity index (χ0n) is 16.4. The number of carboxylic acids is 1. The number of amides is 2. The third-order valence-electron chi connectivity index (χ3n) is 5.29. The van der Waals surface area contributed by atoms with Crippen molar-refractivity contribution in [1.82, 2.24) is 9.88 Å². The second kappa shape index (κ2) is 7.47. The van der Waals surface area contributed by atoms with Crippen molar-refractivity contribution in [2.24, 2.45) is 0 Å². The Morgan fingerprint density at radius 3 is 2.52 bits per heavy atom. The number of fused-ring (bicyclic) bond motifs is 3. The summed E-state index contributed by atoms with van der Waals surface area (Å²) in [6, 6.07) is 15.1. The van der Waals surface area contributed by atoms with Gasteiger partial charge in [-0.05, 0) is 41.7 Å². The van der Waals surface area contributed by atoms with Crippen LogP contribution in [0, 0.1) is 0 Å². The van der Waals surface area contributed by atoms with Crippen molar-refractivity contribution in [1.29, 1.82) is 0 Å². The summed E-state index contributed by atoms with van der Waals surface area (Å²) >= 11 is 0. The Morgan fingerprint density at radius 2 is 1.83 bits per heavy atom. The molecule has 2 heterocycles. The fourth-order valence-electron chi connectivity index (χ4n) is 3.68. The molecule has 0 saturated carbocycles. The van der Waals surface area contributed by atoms with Crippen LogP contribution in [0.15, 0.2) is 54.7 Å². The van der Waals surface area contributed by atoms with Gasteiger partial charge in [0, 0.05) is 29.3 Å². The standard InChI is InChI=1S/C23H23N3O3/c1-14(2)15-7-9-16(10-8-15)24-23(29)26-12-11-18-17-5-3-4-6-20(17)25-21(18)19(13-26)22(27)28/h3-10,13-14,25H,11-12H2,1-2H3,(H,24,29)(H,27,28). The van der Waals surface area contributed by atoms with E-state index in [1.165, 1.54) is 16.7 Å². The van der Waals surface area contributed by atoms with Crippen LogP contribution in [0.4, 0.5) is 10.5 Å². The first-order valence-corrected chi connectivity index (χ1v) is 9.66. The quantitative estimate of drug-likeness (QED) is 0.601. The van der Waals surface area contributed by atoms with E-state index in [0.717, 1.165) is 16.5 Å². The van der Waals surface area contributed by atoms with Gasteiger partial charge in [0.2, 0.25) is 0 Å². The highest BCUT2D eigenvalue weighted by molar-refractivity contribution is 6.17. The number of carboxylic acid groups (broad SMARTS) is 1. The Balaban J connectivity index is 1.62. The number of nitrogens with one attached hydrogen (secondary N) is 2. The number of aromatic amines is 1. The summed E-state index contributed by atoms with van der Waals surface area (Å²) < 4.78 is 0. The first-order valence-electron chi connectivity index (χ1n) is 9.66. The van der Waals surface area contributed by atoms with Crippen molar-refractivity contribution >= 4 is 34.2 Å². The van der Waals surface area contributed by atoms with Crippen LogP contribution in [0.25, 0.3) is 16.5 Å². The lowest BCUT2D eigenvalue weighted by atomic mass is 10.0. The van der Waals surface area contributed by atoms with Gasteiger partial charge >= 0.3 is 12.0 Å². The van der Waals surface area contributed by atoms with Crippen LogP contribution in [0.3, 0.4) is 0 Å². The predicted molar refractivity (Wildman–Crippen MR) is 114 cm³/mol. The van der Waals surface area contributed by atoms with Crippen LogP contribution < -0.4 is 5.32 Å². The van der Waals surface area contributed by atoms with Gasteiger partial charge in [-0.2, -0.15) is 0 Å². The molecule has 6 heteroatoms. The molecule has 4 rings (SSSR count). The lowest BCUT2D eigenvalue weighted by Crippen LogP contribution is -2.32. The molecule has 0 aliphatic carbocycles. The minimum absolute atomic E-state index is 0.0824. The summed E-state index contributed by atoms with van der Waals surface area (Å²) in [5.41, 5.74) is 4.34. The molecule has 3 aromatic rings. The van der Waals surface area contributed by atoms with E-state index in [2.05, 4.69) is 24.1 Å². The fraction of sp³-hybridized carbons (Fsp3) is 0.217. The van der Waals surface area contributed by atoms with Crippen LogP contribution in [0.5, 0.6) is 0 Å². The highest BCUT2D eigenvalue weighted by atomic mass is 16.4. The molecule has 0 spiro atoms. The molecule has 1 aliphatic rings. The van der Waals surface area contributed by atoms with Crippen LogP contribution in [0.2, 0.25) is 0 Å². The summed E-state index contributed by atoms with van der Waals surface area (Å²) in [4.78, 5) is 29.4. The molecular weight excluding hydrogens is 366 g/mol. The molecule has 148 valence electrons. The summed E-state index contributed by atoms with van der Waals surface area (Å²) in [6.45, 7) is 4.62. The Hall–Kier alpha value is -3.54. The van der Waals surface area contributed by atoms with Gasteiger partial charge in [0.05, 0.1) is 11.3 Å². The third kappa shape index (κ3) is 3.61. The number of carbonyl (C=O) groups is 2. The minimum Gasteiger partial charge on any atom is -0.478 e. The van der Waals surface area contributed by atoms with E-state index in [9.17, 15) is 14.7 Å². The largest absolute Gasteiger partial charge is 0.478 e. The topological polar surface area (TPSA) is 85.4 Å². The van der Waals surface area contributed by atoms with Gasteiger partial charge < -0.3 is 15.4 Å². The normalized spacial score (nSPS) is 13.8. The molecule has 1 aliphatic heterocycles. The monoisotopic (exact) mass is 389 g/mol. The number of aliphatic carboxylic acids is 1. The van der Waals surface area contributed by atoms with E-state index >= 15 is 0 Å². The number of anilines is 1. The van der Waals surface area contributed by atoms with Gasteiger partial charge in [-0.25, -0.2) is 9.59 Å². The average Bonchev–Trinajstić information content (AvgIpc) is 2.95. The molecule has 2 aromatic carbocycles. The number of rotatable bonds is 3. The molecule has 3 N–H and O–H groups in total. The van der Waals surface area contributed by atoms with E-state index in [0.29, 0.717) is 30.3 Å². The minimum atomic E-state index is -1.07. The molecule has 2 amide bonds. The van der Waals surface area contributed by atoms with E-state index in [4.69, 9.17) is 0 Å². The molecule has 0 bridgehead atoms. The summed E-state index contributed by atoms with van der Waals surface area (Å²) in [7, 11) is 0. The van der Waals surface area contributed by atoms with Crippen LogP contribution in [-0.2, 0) is 11.2 Å². The van der Waals surface area contributed by atoms with Crippen molar-refractivity contribution in [3.8, 4) is 0 Å². The molecule has 0 atom stereocenters. The number of urea groups is 1. The van der Waals surface area contributed by atoms with E-state index in [-0.39, 0.29) is 11.6 Å². The smallest absolute Gasteiger partial charge is 0.339 e. The van der Waals surface area contributed by atoms with E-state index < -0.39 is 5.97 Å². The maximum absolute atomic E-state index is 12.8. The van der Waals surface area contributed by atoms with Crippen LogP contribution in [-0.4, -0.2) is 33.5 Å². The van der Waals surface area contributed by atoms with Gasteiger partial charge in [-0.1, -0.05) is 44.2 Å². The molecule has 1 aromatic heterocycles. The van der Waals surface area contributed by atoms with Crippen molar-refractivity contribution < 1.29 is 14.7 Å². The Kier molecular flexibility index (Phi) is 4.84.